The van der Waals surface area contributed by atoms with Gasteiger partial charge in [-0.2, -0.15) is 0 Å². The third-order valence-electron chi connectivity index (χ3n) is 4.19. The minimum absolute atomic E-state index is 0.167. The van der Waals surface area contributed by atoms with Crippen molar-refractivity contribution in [3.05, 3.63) is 22.4 Å². The summed E-state index contributed by atoms with van der Waals surface area (Å²) in [6, 6.07) is 5.15. The fourth-order valence-corrected chi connectivity index (χ4v) is 3.97. The topological polar surface area (TPSA) is 20.3 Å². The lowest BCUT2D eigenvalue weighted by Gasteiger charge is -2.43. The van der Waals surface area contributed by atoms with Gasteiger partial charge >= 0.3 is 0 Å². The monoisotopic (exact) mass is 265 g/mol. The first-order valence-corrected chi connectivity index (χ1v) is 7.72. The second kappa shape index (κ2) is 5.54. The molecule has 18 heavy (non-hydrogen) atoms. The maximum atomic E-state index is 11.8. The van der Waals surface area contributed by atoms with E-state index in [0.29, 0.717) is 30.2 Å². The Morgan fingerprint density at radius 3 is 2.67 bits per heavy atom. The average Bonchev–Trinajstić information content (AvgIpc) is 2.83. The summed E-state index contributed by atoms with van der Waals surface area (Å²) in [7, 11) is 0. The SMILES string of the molecule is CC(C)C(c1cccs1)N1CCC(=O)C(C)C1C. The second-order valence-electron chi connectivity index (χ2n) is 5.69. The number of Topliss-reactive ketones (excluding diaryl/α,β-unsaturated/α-hetero) is 1. The number of piperidine rings is 1. The first kappa shape index (κ1) is 13.8. The lowest BCUT2D eigenvalue weighted by molar-refractivity contribution is -0.129. The van der Waals surface area contributed by atoms with E-state index in [0.717, 1.165) is 6.54 Å². The summed E-state index contributed by atoms with van der Waals surface area (Å²) in [6.45, 7) is 9.73. The zero-order valence-electron chi connectivity index (χ0n) is 11.7. The van der Waals surface area contributed by atoms with Crippen LogP contribution in [0.1, 0.15) is 45.0 Å². The van der Waals surface area contributed by atoms with Crippen LogP contribution in [0.3, 0.4) is 0 Å². The van der Waals surface area contributed by atoms with Crippen LogP contribution in [0.4, 0.5) is 0 Å². The molecule has 1 aliphatic heterocycles. The number of likely N-dealkylation sites (tertiary alicyclic amines) is 1. The molecule has 2 rings (SSSR count). The van der Waals surface area contributed by atoms with Crippen LogP contribution in [0.2, 0.25) is 0 Å². The number of carbonyl (C=O) groups is 1. The first-order valence-electron chi connectivity index (χ1n) is 6.84. The highest BCUT2D eigenvalue weighted by atomic mass is 32.1. The summed E-state index contributed by atoms with van der Waals surface area (Å²) in [4.78, 5) is 15.8. The molecule has 1 aromatic rings. The summed E-state index contributed by atoms with van der Waals surface area (Å²) >= 11 is 1.83. The van der Waals surface area contributed by atoms with Crippen molar-refractivity contribution in [1.29, 1.82) is 0 Å². The van der Waals surface area contributed by atoms with Crippen LogP contribution in [0.15, 0.2) is 17.5 Å². The molecular weight excluding hydrogens is 242 g/mol. The van der Waals surface area contributed by atoms with E-state index in [4.69, 9.17) is 0 Å². The van der Waals surface area contributed by atoms with Crippen molar-refractivity contribution in [2.75, 3.05) is 6.54 Å². The van der Waals surface area contributed by atoms with Crippen molar-refractivity contribution < 1.29 is 4.79 Å². The summed E-state index contributed by atoms with van der Waals surface area (Å²) in [5, 5.41) is 2.15. The van der Waals surface area contributed by atoms with E-state index < -0.39 is 0 Å². The lowest BCUT2D eigenvalue weighted by atomic mass is 9.87. The number of hydrogen-bond donors (Lipinski definition) is 0. The van der Waals surface area contributed by atoms with E-state index in [9.17, 15) is 4.79 Å². The highest BCUT2D eigenvalue weighted by Gasteiger charge is 2.36. The minimum Gasteiger partial charge on any atom is -0.299 e. The third-order valence-corrected chi connectivity index (χ3v) is 5.14. The highest BCUT2D eigenvalue weighted by molar-refractivity contribution is 7.10. The van der Waals surface area contributed by atoms with Gasteiger partial charge in [0.25, 0.3) is 0 Å². The lowest BCUT2D eigenvalue weighted by Crippen LogP contribution is -2.49. The van der Waals surface area contributed by atoms with Crippen LogP contribution in [0, 0.1) is 11.8 Å². The Kier molecular flexibility index (Phi) is 4.23. The Morgan fingerprint density at radius 1 is 1.39 bits per heavy atom. The highest BCUT2D eigenvalue weighted by Crippen LogP contribution is 2.36. The third kappa shape index (κ3) is 2.52. The molecular formula is C15H23NOS. The van der Waals surface area contributed by atoms with E-state index >= 15 is 0 Å². The number of carbonyl (C=O) groups excluding carboxylic acids is 1. The van der Waals surface area contributed by atoms with Crippen molar-refractivity contribution in [1.82, 2.24) is 4.90 Å². The smallest absolute Gasteiger partial charge is 0.138 e. The molecule has 1 aliphatic rings. The minimum atomic E-state index is 0.167. The van der Waals surface area contributed by atoms with Crippen LogP contribution >= 0.6 is 11.3 Å². The van der Waals surface area contributed by atoms with E-state index in [2.05, 4.69) is 50.1 Å². The standard InChI is InChI=1S/C15H23NOS/c1-10(2)15(14-6-5-9-18-14)16-8-7-13(17)11(3)12(16)4/h5-6,9-12,15H,7-8H2,1-4H3. The van der Waals surface area contributed by atoms with Crippen LogP contribution in [0.5, 0.6) is 0 Å². The van der Waals surface area contributed by atoms with Crippen molar-refractivity contribution >= 4 is 17.1 Å². The Bertz CT molecular complexity index is 399. The van der Waals surface area contributed by atoms with Gasteiger partial charge in [-0.25, -0.2) is 0 Å². The van der Waals surface area contributed by atoms with Gasteiger partial charge in [0.1, 0.15) is 5.78 Å². The molecule has 100 valence electrons. The molecule has 0 aliphatic carbocycles. The Morgan fingerprint density at radius 2 is 2.11 bits per heavy atom. The molecule has 2 heterocycles. The van der Waals surface area contributed by atoms with Gasteiger partial charge < -0.3 is 0 Å². The van der Waals surface area contributed by atoms with Gasteiger partial charge in [-0.1, -0.05) is 26.8 Å². The molecule has 0 N–H and O–H groups in total. The van der Waals surface area contributed by atoms with Crippen molar-refractivity contribution in [2.45, 2.75) is 46.2 Å². The molecule has 1 saturated heterocycles. The summed E-state index contributed by atoms with van der Waals surface area (Å²) in [5.41, 5.74) is 0. The molecule has 0 saturated carbocycles. The maximum absolute atomic E-state index is 11.8. The van der Waals surface area contributed by atoms with Gasteiger partial charge in [-0.05, 0) is 24.3 Å². The van der Waals surface area contributed by atoms with Crippen molar-refractivity contribution in [3.8, 4) is 0 Å². The maximum Gasteiger partial charge on any atom is 0.138 e. The number of hydrogen-bond acceptors (Lipinski definition) is 3. The molecule has 2 nitrogen and oxygen atoms in total. The molecule has 0 radical (unpaired) electrons. The van der Waals surface area contributed by atoms with Gasteiger partial charge in [0, 0.05) is 35.8 Å². The predicted octanol–water partition coefficient (Wildman–Crippen LogP) is 3.74. The van der Waals surface area contributed by atoms with Gasteiger partial charge in [0.05, 0.1) is 0 Å². The van der Waals surface area contributed by atoms with Gasteiger partial charge in [0.2, 0.25) is 0 Å². The van der Waals surface area contributed by atoms with Gasteiger partial charge in [0.15, 0.2) is 0 Å². The average molecular weight is 265 g/mol. The number of thiophene rings is 1. The van der Waals surface area contributed by atoms with E-state index in [1.165, 1.54) is 4.88 Å². The molecule has 3 unspecified atom stereocenters. The van der Waals surface area contributed by atoms with Crippen molar-refractivity contribution in [3.63, 3.8) is 0 Å². The number of nitrogens with zero attached hydrogens (tertiary/aromatic N) is 1. The second-order valence-corrected chi connectivity index (χ2v) is 6.67. The Labute approximate surface area is 114 Å². The Hall–Kier alpha value is -0.670. The largest absolute Gasteiger partial charge is 0.299 e. The first-order chi connectivity index (χ1) is 8.52. The van der Waals surface area contributed by atoms with Crippen LogP contribution < -0.4 is 0 Å². The number of ketones is 1. The fourth-order valence-electron chi connectivity index (χ4n) is 2.95. The molecule has 1 aromatic heterocycles. The number of rotatable bonds is 3. The predicted molar refractivity (Wildman–Crippen MR) is 76.9 cm³/mol. The van der Waals surface area contributed by atoms with E-state index in [-0.39, 0.29) is 5.92 Å². The molecule has 3 heteroatoms. The molecule has 3 atom stereocenters. The summed E-state index contributed by atoms with van der Waals surface area (Å²) in [6.07, 6.45) is 0.708. The molecule has 0 spiro atoms. The summed E-state index contributed by atoms with van der Waals surface area (Å²) < 4.78 is 0. The van der Waals surface area contributed by atoms with E-state index in [1.54, 1.807) is 0 Å². The Balaban J connectivity index is 2.24. The molecule has 0 aromatic carbocycles. The zero-order chi connectivity index (χ0) is 13.3. The zero-order valence-corrected chi connectivity index (χ0v) is 12.5. The normalized spacial score (nSPS) is 27.7. The fraction of sp³-hybridized carbons (Fsp3) is 0.667. The van der Waals surface area contributed by atoms with Gasteiger partial charge in [-0.3, -0.25) is 9.69 Å². The van der Waals surface area contributed by atoms with Crippen LogP contribution in [-0.2, 0) is 4.79 Å². The van der Waals surface area contributed by atoms with Crippen molar-refractivity contribution in [2.24, 2.45) is 11.8 Å². The quantitative estimate of drug-likeness (QED) is 0.829. The molecule has 0 amide bonds. The molecule has 1 fully saturated rings. The summed E-state index contributed by atoms with van der Waals surface area (Å²) in [5.74, 6) is 1.17. The van der Waals surface area contributed by atoms with Gasteiger partial charge in [-0.15, -0.1) is 11.3 Å². The van der Waals surface area contributed by atoms with Crippen LogP contribution in [-0.4, -0.2) is 23.3 Å². The van der Waals surface area contributed by atoms with E-state index in [1.807, 2.05) is 11.3 Å². The van der Waals surface area contributed by atoms with Crippen LogP contribution in [0.25, 0.3) is 0 Å². The molecule has 0 bridgehead atoms.